The molecule has 2 N–H and O–H groups in total. The molecule has 0 unspecified atom stereocenters. The molecular weight excluding hydrogens is 438 g/mol. The quantitative estimate of drug-likeness (QED) is 0.331. The Bertz CT molecular complexity index is 1200. The first-order chi connectivity index (χ1) is 14.5. The molecule has 5 nitrogen and oxygen atoms in total. The highest BCUT2D eigenvalue weighted by Crippen LogP contribution is 2.33. The van der Waals surface area contributed by atoms with Gasteiger partial charge in [0.05, 0.1) is 5.75 Å². The Morgan fingerprint density at radius 3 is 2.97 bits per heavy atom. The zero-order valence-corrected chi connectivity index (χ0v) is 19.1. The van der Waals surface area contributed by atoms with Crippen molar-refractivity contribution in [2.24, 2.45) is 0 Å². The molecular formula is C22H23ClN3O2S2+. The van der Waals surface area contributed by atoms with Crippen molar-refractivity contribution in [2.45, 2.75) is 44.3 Å². The predicted octanol–water partition coefficient (Wildman–Crippen LogP) is 4.63. The average molecular weight is 461 g/mol. The minimum absolute atomic E-state index is 0.000459. The van der Waals surface area contributed by atoms with Crippen molar-refractivity contribution in [3.63, 3.8) is 0 Å². The highest BCUT2D eigenvalue weighted by Gasteiger charge is 2.26. The van der Waals surface area contributed by atoms with Gasteiger partial charge in [0.1, 0.15) is 11.9 Å². The lowest BCUT2D eigenvalue weighted by molar-refractivity contribution is -0.404. The van der Waals surface area contributed by atoms with Crippen molar-refractivity contribution in [1.82, 2.24) is 4.57 Å². The molecule has 0 saturated carbocycles. The number of allylic oxidation sites excluding steroid dienone is 1. The molecule has 0 aliphatic heterocycles. The number of thioether (sulfide) groups is 1. The second kappa shape index (κ2) is 8.96. The van der Waals surface area contributed by atoms with Crippen molar-refractivity contribution in [3.05, 3.63) is 62.2 Å². The monoisotopic (exact) mass is 460 g/mol. The van der Waals surface area contributed by atoms with Crippen LogP contribution in [-0.2, 0) is 24.2 Å². The Morgan fingerprint density at radius 1 is 1.40 bits per heavy atom. The van der Waals surface area contributed by atoms with Crippen LogP contribution in [0.15, 0.2) is 40.8 Å². The van der Waals surface area contributed by atoms with E-state index in [1.165, 1.54) is 28.6 Å². The molecule has 0 radical (unpaired) electrons. The lowest BCUT2D eigenvalue weighted by Crippen LogP contribution is -2.30. The first-order valence-electron chi connectivity index (χ1n) is 9.88. The first-order valence-corrected chi connectivity index (χ1v) is 12.1. The standard InChI is InChI=1S/C22H22ClN3O2S2/c1-3-10-26-21(28)19-15-6-4-5-7-17(15)30-20(19)25-22(26)29-12-18(27)24-16-9-8-14(23)11-13(16)2/h3,8-9,11H,1,4-7,10,12H2,2H3,(H,24,27)/p+1. The number of carbonyl (C=O) groups excluding carboxylic acids is 1. The Morgan fingerprint density at radius 2 is 2.20 bits per heavy atom. The van der Waals surface area contributed by atoms with Gasteiger partial charge in [-0.15, -0.1) is 0 Å². The topological polar surface area (TPSA) is 65.2 Å². The van der Waals surface area contributed by atoms with E-state index in [2.05, 4.69) is 16.9 Å². The van der Waals surface area contributed by atoms with Crippen LogP contribution in [0.1, 0.15) is 28.8 Å². The zero-order chi connectivity index (χ0) is 21.3. The van der Waals surface area contributed by atoms with E-state index in [-0.39, 0.29) is 17.2 Å². The van der Waals surface area contributed by atoms with Gasteiger partial charge in [-0.3, -0.25) is 4.79 Å². The average Bonchev–Trinajstić information content (AvgIpc) is 3.09. The number of benzene rings is 1. The number of thiophene rings is 1. The minimum atomic E-state index is -0.137. The van der Waals surface area contributed by atoms with Crippen LogP contribution in [0, 0.1) is 6.92 Å². The number of fused-ring (bicyclic) bond motifs is 3. The maximum atomic E-state index is 13.3. The van der Waals surface area contributed by atoms with Crippen molar-refractivity contribution in [1.29, 1.82) is 0 Å². The number of H-pyrrole nitrogens is 1. The lowest BCUT2D eigenvalue weighted by atomic mass is 9.97. The Kier molecular flexibility index (Phi) is 6.32. The summed E-state index contributed by atoms with van der Waals surface area (Å²) in [5.74, 6) is 0.0492. The highest BCUT2D eigenvalue weighted by molar-refractivity contribution is 7.99. The number of amides is 1. The van der Waals surface area contributed by atoms with Gasteiger partial charge >= 0.3 is 10.7 Å². The van der Waals surface area contributed by atoms with E-state index in [1.54, 1.807) is 34.1 Å². The number of carbonyl (C=O) groups is 1. The van der Waals surface area contributed by atoms with Crippen molar-refractivity contribution in [3.8, 4) is 0 Å². The molecule has 0 bridgehead atoms. The van der Waals surface area contributed by atoms with Crippen LogP contribution < -0.4 is 15.9 Å². The second-order valence-corrected chi connectivity index (χ2v) is 9.85. The Hall–Kier alpha value is -2.09. The van der Waals surface area contributed by atoms with E-state index in [9.17, 15) is 9.59 Å². The normalized spacial score (nSPS) is 13.3. The maximum Gasteiger partial charge on any atom is 0.347 e. The number of halogens is 1. The number of anilines is 1. The summed E-state index contributed by atoms with van der Waals surface area (Å²) in [5.41, 5.74) is 2.84. The molecule has 0 atom stereocenters. The van der Waals surface area contributed by atoms with Crippen molar-refractivity contribution < 1.29 is 9.78 Å². The summed E-state index contributed by atoms with van der Waals surface area (Å²) < 4.78 is 1.68. The van der Waals surface area contributed by atoms with E-state index < -0.39 is 0 Å². The SMILES string of the molecule is C=CCn1c(SCC(=O)Nc2ccc(Cl)cc2C)[nH+]c2sc3c(c2c1=O)CCCC3. The number of aryl methyl sites for hydroxylation is 3. The smallest absolute Gasteiger partial charge is 0.325 e. The summed E-state index contributed by atoms with van der Waals surface area (Å²) in [5, 5.41) is 5.03. The lowest BCUT2D eigenvalue weighted by Gasteiger charge is -2.10. The first kappa shape index (κ1) is 21.2. The molecule has 2 aromatic heterocycles. The fraction of sp³-hybridized carbons (Fsp3) is 0.318. The summed E-state index contributed by atoms with van der Waals surface area (Å²) in [4.78, 5) is 31.4. The number of hydrogen-bond donors (Lipinski definition) is 1. The fourth-order valence-electron chi connectivity index (χ4n) is 3.77. The van der Waals surface area contributed by atoms with E-state index in [0.29, 0.717) is 16.7 Å². The highest BCUT2D eigenvalue weighted by atomic mass is 35.5. The molecule has 156 valence electrons. The minimum Gasteiger partial charge on any atom is -0.325 e. The molecule has 0 fully saturated rings. The van der Waals surface area contributed by atoms with E-state index >= 15 is 0 Å². The van der Waals surface area contributed by atoms with Gasteiger partial charge in [0.15, 0.2) is 4.83 Å². The van der Waals surface area contributed by atoms with E-state index in [4.69, 9.17) is 11.6 Å². The van der Waals surface area contributed by atoms with Gasteiger partial charge in [-0.25, -0.2) is 9.78 Å². The zero-order valence-electron chi connectivity index (χ0n) is 16.7. The molecule has 3 aromatic rings. The van der Waals surface area contributed by atoms with Gasteiger partial charge in [-0.1, -0.05) is 35.6 Å². The van der Waals surface area contributed by atoms with Gasteiger partial charge in [0.2, 0.25) is 5.91 Å². The summed E-state index contributed by atoms with van der Waals surface area (Å²) in [6.45, 7) is 6.09. The van der Waals surface area contributed by atoms with Crippen LogP contribution in [0.5, 0.6) is 0 Å². The van der Waals surface area contributed by atoms with Gasteiger partial charge in [-0.05, 0) is 73.7 Å². The van der Waals surface area contributed by atoms with Gasteiger partial charge in [0, 0.05) is 15.6 Å². The van der Waals surface area contributed by atoms with Crippen molar-refractivity contribution in [2.75, 3.05) is 11.1 Å². The number of aromatic amines is 1. The van der Waals surface area contributed by atoms with Gasteiger partial charge in [-0.2, -0.15) is 4.57 Å². The van der Waals surface area contributed by atoms with Crippen LogP contribution in [0.2, 0.25) is 5.02 Å². The summed E-state index contributed by atoms with van der Waals surface area (Å²) in [7, 11) is 0. The molecule has 0 spiro atoms. The number of nitrogens with one attached hydrogen (secondary N) is 2. The predicted molar refractivity (Wildman–Crippen MR) is 125 cm³/mol. The number of rotatable bonds is 6. The molecule has 1 aliphatic carbocycles. The molecule has 1 aromatic carbocycles. The van der Waals surface area contributed by atoms with E-state index in [0.717, 1.165) is 40.7 Å². The molecule has 4 rings (SSSR count). The largest absolute Gasteiger partial charge is 0.347 e. The third-order valence-corrected chi connectivity index (χ3v) is 7.65. The molecule has 8 heteroatoms. The van der Waals surface area contributed by atoms with Crippen LogP contribution >= 0.6 is 34.7 Å². The molecule has 1 amide bonds. The number of nitrogens with zero attached hydrogens (tertiary/aromatic N) is 1. The summed E-state index contributed by atoms with van der Waals surface area (Å²) in [6, 6.07) is 5.36. The molecule has 1 aliphatic rings. The van der Waals surface area contributed by atoms with Gasteiger partial charge in [0.25, 0.3) is 0 Å². The molecule has 0 saturated heterocycles. The van der Waals surface area contributed by atoms with Crippen LogP contribution in [-0.4, -0.2) is 16.2 Å². The maximum absolute atomic E-state index is 13.3. The van der Waals surface area contributed by atoms with E-state index in [1.807, 2.05) is 13.0 Å². The third kappa shape index (κ3) is 4.19. The van der Waals surface area contributed by atoms with Crippen LogP contribution in [0.4, 0.5) is 5.69 Å². The Labute approximate surface area is 188 Å². The van der Waals surface area contributed by atoms with Crippen LogP contribution in [0.3, 0.4) is 0 Å². The number of hydrogen-bond acceptors (Lipinski definition) is 4. The third-order valence-electron chi connectivity index (χ3n) is 5.21. The molecule has 30 heavy (non-hydrogen) atoms. The van der Waals surface area contributed by atoms with Crippen LogP contribution in [0.25, 0.3) is 10.2 Å². The summed E-state index contributed by atoms with van der Waals surface area (Å²) >= 11 is 8.98. The van der Waals surface area contributed by atoms with Gasteiger partial charge < -0.3 is 5.32 Å². The summed E-state index contributed by atoms with van der Waals surface area (Å²) in [6.07, 6.45) is 6.00. The fourth-order valence-corrected chi connectivity index (χ4v) is 6.17. The van der Waals surface area contributed by atoms with Crippen molar-refractivity contribution >= 4 is 56.5 Å². The number of aromatic nitrogens is 2. The molecule has 2 heterocycles. The second-order valence-electron chi connectivity index (χ2n) is 7.35. The Balaban J connectivity index is 1.60.